The fraction of sp³-hybridized carbons (Fsp3) is 1.00. The molecule has 3 aliphatic rings. The van der Waals surface area contributed by atoms with E-state index in [2.05, 4.69) is 0 Å². The van der Waals surface area contributed by atoms with Crippen LogP contribution in [-0.4, -0.2) is 38.5 Å². The minimum atomic E-state index is -0.484. The van der Waals surface area contributed by atoms with E-state index in [4.69, 9.17) is 18.9 Å². The van der Waals surface area contributed by atoms with Crippen LogP contribution in [0, 0.1) is 5.92 Å². The van der Waals surface area contributed by atoms with Crippen LogP contribution in [0.4, 0.5) is 0 Å². The van der Waals surface area contributed by atoms with Crippen LogP contribution in [-0.2, 0) is 18.9 Å². The van der Waals surface area contributed by atoms with Crippen molar-refractivity contribution in [2.45, 2.75) is 76.0 Å². The molecule has 0 radical (unpaired) electrons. The maximum atomic E-state index is 6.19. The van der Waals surface area contributed by atoms with Crippen LogP contribution >= 0.6 is 0 Å². The zero-order valence-electron chi connectivity index (χ0n) is 12.6. The fourth-order valence-electron chi connectivity index (χ4n) is 3.66. The second-order valence-corrected chi connectivity index (χ2v) is 6.54. The maximum absolute atomic E-state index is 6.19. The molecule has 0 aromatic carbocycles. The van der Waals surface area contributed by atoms with Crippen LogP contribution in [0.5, 0.6) is 0 Å². The summed E-state index contributed by atoms with van der Waals surface area (Å²) in [5, 5.41) is 0. The van der Waals surface area contributed by atoms with E-state index in [0.29, 0.717) is 12.5 Å². The third kappa shape index (κ3) is 3.35. The summed E-state index contributed by atoms with van der Waals surface area (Å²) in [5.74, 6) is 0.217. The minimum Gasteiger partial charge on any atom is -0.376 e. The van der Waals surface area contributed by atoms with Crippen molar-refractivity contribution in [2.75, 3.05) is 20.3 Å². The summed E-state index contributed by atoms with van der Waals surface area (Å²) in [6.45, 7) is 1.39. The van der Waals surface area contributed by atoms with Crippen molar-refractivity contribution in [3.8, 4) is 0 Å². The van der Waals surface area contributed by atoms with E-state index in [-0.39, 0.29) is 12.4 Å². The van der Waals surface area contributed by atoms with Crippen LogP contribution in [0.1, 0.15) is 57.8 Å². The van der Waals surface area contributed by atoms with E-state index >= 15 is 0 Å². The van der Waals surface area contributed by atoms with Gasteiger partial charge in [-0.2, -0.15) is 0 Å². The zero-order chi connectivity index (χ0) is 13.8. The highest BCUT2D eigenvalue weighted by Crippen LogP contribution is 2.39. The predicted octanol–water partition coefficient (Wildman–Crippen LogP) is 3.24. The molecular formula is C16H28O4. The lowest BCUT2D eigenvalue weighted by Crippen LogP contribution is -2.44. The van der Waals surface area contributed by atoms with Gasteiger partial charge in [-0.3, -0.25) is 0 Å². The van der Waals surface area contributed by atoms with E-state index in [9.17, 15) is 0 Å². The molecule has 2 bridgehead atoms. The van der Waals surface area contributed by atoms with Crippen LogP contribution in [0.2, 0.25) is 0 Å². The number of fused-ring (bicyclic) bond motifs is 2. The van der Waals surface area contributed by atoms with Gasteiger partial charge in [-0.05, 0) is 25.2 Å². The van der Waals surface area contributed by atoms with Gasteiger partial charge in [-0.25, -0.2) is 0 Å². The van der Waals surface area contributed by atoms with Crippen molar-refractivity contribution in [2.24, 2.45) is 5.92 Å². The second kappa shape index (κ2) is 6.73. The van der Waals surface area contributed by atoms with Crippen LogP contribution in [0.3, 0.4) is 0 Å². The molecule has 116 valence electrons. The molecule has 20 heavy (non-hydrogen) atoms. The quantitative estimate of drug-likeness (QED) is 0.794. The molecule has 1 aliphatic carbocycles. The molecule has 2 aliphatic heterocycles. The molecule has 4 nitrogen and oxygen atoms in total. The number of rotatable bonds is 4. The number of methoxy groups -OCH3 is 1. The SMILES string of the molecule is CO[C@@H]1CC[C@]2(OCC3CCCCCCC3)COC1O2. The molecule has 3 rings (SSSR count). The van der Waals surface area contributed by atoms with E-state index in [0.717, 1.165) is 19.4 Å². The largest absolute Gasteiger partial charge is 0.376 e. The summed E-state index contributed by atoms with van der Waals surface area (Å²) >= 11 is 0. The first-order valence-corrected chi connectivity index (χ1v) is 8.27. The van der Waals surface area contributed by atoms with Crippen molar-refractivity contribution >= 4 is 0 Å². The van der Waals surface area contributed by atoms with Crippen molar-refractivity contribution in [1.82, 2.24) is 0 Å². The van der Waals surface area contributed by atoms with Gasteiger partial charge in [0.05, 0.1) is 6.61 Å². The molecule has 3 atom stereocenters. The Labute approximate surface area is 122 Å². The molecule has 4 heteroatoms. The van der Waals surface area contributed by atoms with Crippen LogP contribution in [0.25, 0.3) is 0 Å². The molecule has 2 saturated heterocycles. The molecule has 1 unspecified atom stereocenters. The standard InChI is InChI=1S/C16H28O4/c1-17-14-9-10-16(12-18-15(14)20-16)19-11-13-7-5-3-2-4-6-8-13/h13-15H,2-12H2,1H3/t14-,15?,16-/m1/s1. The summed E-state index contributed by atoms with van der Waals surface area (Å²) < 4.78 is 23.2. The molecule has 3 fully saturated rings. The predicted molar refractivity (Wildman–Crippen MR) is 75.3 cm³/mol. The molecule has 0 aromatic rings. The van der Waals surface area contributed by atoms with Gasteiger partial charge in [0.1, 0.15) is 12.7 Å². The van der Waals surface area contributed by atoms with Crippen molar-refractivity contribution in [3.05, 3.63) is 0 Å². The van der Waals surface area contributed by atoms with Crippen molar-refractivity contribution < 1.29 is 18.9 Å². The third-order valence-corrected chi connectivity index (χ3v) is 5.02. The minimum absolute atomic E-state index is 0.0654. The smallest absolute Gasteiger partial charge is 0.195 e. The first-order chi connectivity index (χ1) is 9.81. The first kappa shape index (κ1) is 14.8. The molecule has 0 aromatic heterocycles. The van der Waals surface area contributed by atoms with Gasteiger partial charge in [-0.1, -0.05) is 32.1 Å². The van der Waals surface area contributed by atoms with Crippen LogP contribution in [0.15, 0.2) is 0 Å². The summed E-state index contributed by atoms with van der Waals surface area (Å²) in [6, 6.07) is 0. The molecule has 2 heterocycles. The zero-order valence-corrected chi connectivity index (χ0v) is 12.6. The Morgan fingerprint density at radius 3 is 2.55 bits per heavy atom. The van der Waals surface area contributed by atoms with Gasteiger partial charge in [-0.15, -0.1) is 0 Å². The summed E-state index contributed by atoms with van der Waals surface area (Å²) in [4.78, 5) is 0. The van der Waals surface area contributed by atoms with Gasteiger partial charge in [0.2, 0.25) is 0 Å². The Kier molecular flexibility index (Phi) is 4.97. The number of hydrogen-bond donors (Lipinski definition) is 0. The Morgan fingerprint density at radius 2 is 1.80 bits per heavy atom. The lowest BCUT2D eigenvalue weighted by atomic mass is 9.92. The Bertz CT molecular complexity index is 301. The van der Waals surface area contributed by atoms with Crippen LogP contribution < -0.4 is 0 Å². The van der Waals surface area contributed by atoms with Gasteiger partial charge >= 0.3 is 0 Å². The summed E-state index contributed by atoms with van der Waals surface area (Å²) in [6.07, 6.45) is 11.2. The lowest BCUT2D eigenvalue weighted by Gasteiger charge is -2.35. The van der Waals surface area contributed by atoms with E-state index in [1.54, 1.807) is 7.11 Å². The number of ether oxygens (including phenoxy) is 4. The Hall–Kier alpha value is -0.160. The highest BCUT2D eigenvalue weighted by molar-refractivity contribution is 4.86. The average molecular weight is 284 g/mol. The van der Waals surface area contributed by atoms with Gasteiger partial charge in [0, 0.05) is 13.5 Å². The average Bonchev–Trinajstić information content (AvgIpc) is 2.77. The third-order valence-electron chi connectivity index (χ3n) is 5.02. The first-order valence-electron chi connectivity index (χ1n) is 8.27. The van der Waals surface area contributed by atoms with E-state index in [1.165, 1.54) is 44.9 Å². The van der Waals surface area contributed by atoms with Crippen molar-refractivity contribution in [3.63, 3.8) is 0 Å². The highest BCUT2D eigenvalue weighted by Gasteiger charge is 2.50. The molecule has 0 spiro atoms. The Balaban J connectivity index is 1.48. The van der Waals surface area contributed by atoms with Gasteiger partial charge in [0.15, 0.2) is 12.1 Å². The Morgan fingerprint density at radius 1 is 1.05 bits per heavy atom. The second-order valence-electron chi connectivity index (χ2n) is 6.54. The molecular weight excluding hydrogens is 256 g/mol. The molecule has 0 N–H and O–H groups in total. The van der Waals surface area contributed by atoms with Crippen molar-refractivity contribution in [1.29, 1.82) is 0 Å². The molecule has 0 amide bonds. The van der Waals surface area contributed by atoms with E-state index < -0.39 is 5.79 Å². The maximum Gasteiger partial charge on any atom is 0.195 e. The van der Waals surface area contributed by atoms with Gasteiger partial charge in [0.25, 0.3) is 0 Å². The summed E-state index contributed by atoms with van der Waals surface area (Å²) in [5.41, 5.74) is 0. The lowest BCUT2D eigenvalue weighted by molar-refractivity contribution is -0.276. The van der Waals surface area contributed by atoms with Gasteiger partial charge < -0.3 is 18.9 Å². The summed E-state index contributed by atoms with van der Waals surface area (Å²) in [7, 11) is 1.72. The monoisotopic (exact) mass is 284 g/mol. The highest BCUT2D eigenvalue weighted by atomic mass is 16.8. The topological polar surface area (TPSA) is 36.9 Å². The normalized spacial score (nSPS) is 39.5. The number of hydrogen-bond acceptors (Lipinski definition) is 4. The van der Waals surface area contributed by atoms with E-state index in [1.807, 2.05) is 0 Å². The molecule has 1 saturated carbocycles. The fourth-order valence-corrected chi connectivity index (χ4v) is 3.66.